The standard InChI is InChI=1S/C23H29N7/c1-2-19(3-1)28-12-8-23(9-13-28)10-14-29(15-11-23)21-6-4-18(16-24-21)20-5-7-22-26-25-17-30(22)27-20/h4-7,16-17,19H,1-3,8-15H2. The Kier molecular flexibility index (Phi) is 4.44. The van der Waals surface area contributed by atoms with E-state index >= 15 is 0 Å². The second-order valence-corrected chi connectivity index (χ2v) is 9.37. The highest BCUT2D eigenvalue weighted by Gasteiger charge is 2.39. The lowest BCUT2D eigenvalue weighted by Gasteiger charge is -2.50. The zero-order valence-electron chi connectivity index (χ0n) is 17.5. The van der Waals surface area contributed by atoms with Crippen LogP contribution in [0.3, 0.4) is 0 Å². The zero-order chi connectivity index (χ0) is 20.0. The maximum atomic E-state index is 4.77. The number of pyridine rings is 1. The summed E-state index contributed by atoms with van der Waals surface area (Å²) in [7, 11) is 0. The van der Waals surface area contributed by atoms with Crippen molar-refractivity contribution in [3.8, 4) is 11.3 Å². The van der Waals surface area contributed by atoms with Crippen molar-refractivity contribution in [3.63, 3.8) is 0 Å². The first-order chi connectivity index (χ1) is 14.8. The second-order valence-electron chi connectivity index (χ2n) is 9.37. The normalized spacial score (nSPS) is 22.5. The largest absolute Gasteiger partial charge is 0.357 e. The van der Waals surface area contributed by atoms with Crippen LogP contribution in [0.1, 0.15) is 44.9 Å². The molecular formula is C23H29N7. The molecule has 5 heterocycles. The number of likely N-dealkylation sites (tertiary alicyclic amines) is 1. The van der Waals surface area contributed by atoms with E-state index in [2.05, 4.69) is 37.2 Å². The van der Waals surface area contributed by atoms with Crippen LogP contribution in [-0.4, -0.2) is 61.9 Å². The van der Waals surface area contributed by atoms with Gasteiger partial charge in [0, 0.05) is 30.9 Å². The fraction of sp³-hybridized carbons (Fsp3) is 0.565. The van der Waals surface area contributed by atoms with Crippen LogP contribution in [0.15, 0.2) is 36.8 Å². The molecule has 0 aromatic carbocycles. The minimum atomic E-state index is 0.578. The molecule has 1 aliphatic carbocycles. The van der Waals surface area contributed by atoms with Gasteiger partial charge in [0.05, 0.1) is 5.69 Å². The predicted molar refractivity (Wildman–Crippen MR) is 116 cm³/mol. The third kappa shape index (κ3) is 3.25. The smallest absolute Gasteiger partial charge is 0.177 e. The minimum Gasteiger partial charge on any atom is -0.357 e. The van der Waals surface area contributed by atoms with E-state index in [9.17, 15) is 0 Å². The van der Waals surface area contributed by atoms with Crippen LogP contribution in [0.2, 0.25) is 0 Å². The Morgan fingerprint density at radius 1 is 0.900 bits per heavy atom. The SMILES string of the molecule is c1cc(N2CCC3(CC2)CCN(C2CCC2)CC3)ncc1-c1ccc2nncn2n1. The zero-order valence-corrected chi connectivity index (χ0v) is 17.5. The summed E-state index contributed by atoms with van der Waals surface area (Å²) in [5, 5.41) is 12.5. The highest BCUT2D eigenvalue weighted by atomic mass is 15.3. The molecule has 2 aliphatic heterocycles. The van der Waals surface area contributed by atoms with Crippen molar-refractivity contribution in [2.75, 3.05) is 31.1 Å². The summed E-state index contributed by atoms with van der Waals surface area (Å²) in [6, 6.07) is 9.09. The van der Waals surface area contributed by atoms with E-state index in [0.29, 0.717) is 5.41 Å². The molecule has 1 saturated carbocycles. The van der Waals surface area contributed by atoms with Crippen LogP contribution in [0.25, 0.3) is 16.9 Å². The Labute approximate surface area is 177 Å². The second kappa shape index (κ2) is 7.30. The van der Waals surface area contributed by atoms with Gasteiger partial charge in [-0.15, -0.1) is 10.2 Å². The fourth-order valence-electron chi connectivity index (χ4n) is 5.43. The molecule has 3 fully saturated rings. The van der Waals surface area contributed by atoms with Gasteiger partial charge in [-0.05, 0) is 81.3 Å². The number of rotatable bonds is 3. The molecule has 3 aromatic heterocycles. The molecule has 2 saturated heterocycles. The first-order valence-electron chi connectivity index (χ1n) is 11.4. The van der Waals surface area contributed by atoms with Crippen LogP contribution in [0.4, 0.5) is 5.82 Å². The Morgan fingerprint density at radius 2 is 1.70 bits per heavy atom. The quantitative estimate of drug-likeness (QED) is 0.668. The summed E-state index contributed by atoms with van der Waals surface area (Å²) in [5.74, 6) is 1.09. The first-order valence-corrected chi connectivity index (χ1v) is 11.4. The molecule has 0 N–H and O–H groups in total. The Hall–Kier alpha value is -2.54. The van der Waals surface area contributed by atoms with Crippen LogP contribution in [-0.2, 0) is 0 Å². The van der Waals surface area contributed by atoms with Crippen molar-refractivity contribution < 1.29 is 0 Å². The highest BCUT2D eigenvalue weighted by Crippen LogP contribution is 2.43. The van der Waals surface area contributed by atoms with Crippen molar-refractivity contribution in [1.29, 1.82) is 0 Å². The molecule has 0 bridgehead atoms. The van der Waals surface area contributed by atoms with Gasteiger partial charge in [-0.25, -0.2) is 4.98 Å². The van der Waals surface area contributed by atoms with Gasteiger partial charge in [-0.1, -0.05) is 6.42 Å². The van der Waals surface area contributed by atoms with Crippen LogP contribution in [0.5, 0.6) is 0 Å². The number of anilines is 1. The van der Waals surface area contributed by atoms with Gasteiger partial charge in [-0.2, -0.15) is 9.61 Å². The van der Waals surface area contributed by atoms with E-state index < -0.39 is 0 Å². The summed E-state index contributed by atoms with van der Waals surface area (Å²) in [6.07, 6.45) is 13.3. The van der Waals surface area contributed by atoms with Gasteiger partial charge in [0.1, 0.15) is 12.1 Å². The number of fused-ring (bicyclic) bond motifs is 1. The molecule has 30 heavy (non-hydrogen) atoms. The van der Waals surface area contributed by atoms with E-state index in [4.69, 9.17) is 4.98 Å². The van der Waals surface area contributed by atoms with Crippen molar-refractivity contribution in [1.82, 2.24) is 29.7 Å². The number of hydrogen-bond acceptors (Lipinski definition) is 6. The van der Waals surface area contributed by atoms with Crippen molar-refractivity contribution >= 4 is 11.5 Å². The van der Waals surface area contributed by atoms with Crippen molar-refractivity contribution in [3.05, 3.63) is 36.8 Å². The average molecular weight is 404 g/mol. The lowest BCUT2D eigenvalue weighted by atomic mass is 9.70. The summed E-state index contributed by atoms with van der Waals surface area (Å²) in [5.41, 5.74) is 3.24. The molecule has 7 heteroatoms. The average Bonchev–Trinajstić information content (AvgIpc) is 3.23. The van der Waals surface area contributed by atoms with Crippen LogP contribution >= 0.6 is 0 Å². The topological polar surface area (TPSA) is 62.5 Å². The molecule has 0 unspecified atom stereocenters. The fourth-order valence-corrected chi connectivity index (χ4v) is 5.43. The van der Waals surface area contributed by atoms with E-state index in [0.717, 1.165) is 41.9 Å². The molecule has 156 valence electrons. The Morgan fingerprint density at radius 3 is 2.40 bits per heavy atom. The third-order valence-electron chi connectivity index (χ3n) is 7.80. The maximum absolute atomic E-state index is 4.77. The van der Waals surface area contributed by atoms with Gasteiger partial charge in [0.2, 0.25) is 0 Å². The number of piperidine rings is 2. The molecule has 3 aliphatic rings. The van der Waals surface area contributed by atoms with E-state index in [-0.39, 0.29) is 0 Å². The van der Waals surface area contributed by atoms with Gasteiger partial charge in [-0.3, -0.25) is 0 Å². The number of nitrogens with zero attached hydrogens (tertiary/aromatic N) is 7. The van der Waals surface area contributed by atoms with E-state index in [1.807, 2.05) is 18.3 Å². The number of hydrogen-bond donors (Lipinski definition) is 0. The predicted octanol–water partition coefficient (Wildman–Crippen LogP) is 3.42. The Balaban J connectivity index is 1.09. The van der Waals surface area contributed by atoms with Gasteiger partial charge in [0.25, 0.3) is 0 Å². The Bertz CT molecular complexity index is 1010. The monoisotopic (exact) mass is 403 g/mol. The lowest BCUT2D eigenvalue weighted by Crippen LogP contribution is -2.51. The molecule has 1 spiro atoms. The molecular weight excluding hydrogens is 374 g/mol. The lowest BCUT2D eigenvalue weighted by molar-refractivity contribution is 0.0305. The van der Waals surface area contributed by atoms with Gasteiger partial charge >= 0.3 is 0 Å². The molecule has 0 amide bonds. The summed E-state index contributed by atoms with van der Waals surface area (Å²) >= 11 is 0. The minimum absolute atomic E-state index is 0.578. The molecule has 0 atom stereocenters. The van der Waals surface area contributed by atoms with Gasteiger partial charge < -0.3 is 9.80 Å². The van der Waals surface area contributed by atoms with Crippen molar-refractivity contribution in [2.24, 2.45) is 5.41 Å². The molecule has 6 rings (SSSR count). The van der Waals surface area contributed by atoms with Crippen LogP contribution < -0.4 is 4.90 Å². The number of aromatic nitrogens is 5. The van der Waals surface area contributed by atoms with E-state index in [1.54, 1.807) is 10.8 Å². The summed E-state index contributed by atoms with van der Waals surface area (Å²) in [6.45, 7) is 4.89. The van der Waals surface area contributed by atoms with Gasteiger partial charge in [0.15, 0.2) is 5.65 Å². The van der Waals surface area contributed by atoms with Crippen molar-refractivity contribution in [2.45, 2.75) is 51.0 Å². The third-order valence-corrected chi connectivity index (χ3v) is 7.80. The summed E-state index contributed by atoms with van der Waals surface area (Å²) < 4.78 is 1.70. The summed E-state index contributed by atoms with van der Waals surface area (Å²) in [4.78, 5) is 10.0. The molecule has 7 nitrogen and oxygen atoms in total. The van der Waals surface area contributed by atoms with E-state index in [1.165, 1.54) is 58.0 Å². The maximum Gasteiger partial charge on any atom is 0.177 e. The first kappa shape index (κ1) is 18.2. The molecule has 0 radical (unpaired) electrons. The van der Waals surface area contributed by atoms with Crippen LogP contribution in [0, 0.1) is 5.41 Å². The molecule has 3 aromatic rings. The highest BCUT2D eigenvalue weighted by molar-refractivity contribution is 5.61.